The Hall–Kier alpha value is -3.14. The van der Waals surface area contributed by atoms with Crippen molar-refractivity contribution in [2.75, 3.05) is 16.0 Å². The molecule has 0 bridgehead atoms. The molecule has 31 heavy (non-hydrogen) atoms. The van der Waals surface area contributed by atoms with E-state index in [4.69, 9.17) is 0 Å². The molecule has 1 N–H and O–H groups in total. The van der Waals surface area contributed by atoms with Crippen LogP contribution >= 0.6 is 11.8 Å². The number of aryl methyl sites for hydroxylation is 1. The lowest BCUT2D eigenvalue weighted by Crippen LogP contribution is -2.50. The second kappa shape index (κ2) is 8.18. The van der Waals surface area contributed by atoms with Crippen LogP contribution in [0, 0.1) is 6.92 Å². The number of amides is 2. The lowest BCUT2D eigenvalue weighted by Gasteiger charge is -2.31. The van der Waals surface area contributed by atoms with E-state index in [1.165, 1.54) is 18.2 Å². The Labute approximate surface area is 179 Å². The highest BCUT2D eigenvalue weighted by atomic mass is 32.2. The molecule has 10 heteroatoms. The van der Waals surface area contributed by atoms with Crippen molar-refractivity contribution < 1.29 is 22.8 Å². The van der Waals surface area contributed by atoms with Gasteiger partial charge in [-0.15, -0.1) is 0 Å². The molecule has 1 unspecified atom stereocenters. The minimum absolute atomic E-state index is 0.0185. The van der Waals surface area contributed by atoms with Crippen LogP contribution in [0.5, 0.6) is 0 Å². The number of halogens is 3. The van der Waals surface area contributed by atoms with Crippen LogP contribution in [0.15, 0.2) is 53.6 Å². The molecule has 2 amide bonds. The molecular formula is C21H17F3N4O2S. The number of fused-ring (bicyclic) bond motifs is 2. The van der Waals surface area contributed by atoms with Crippen molar-refractivity contribution in [2.24, 2.45) is 0 Å². The summed E-state index contributed by atoms with van der Waals surface area (Å²) in [6.07, 6.45) is -5.64. The second-order valence-corrected chi connectivity index (χ2v) is 7.94. The monoisotopic (exact) mass is 446 g/mol. The highest BCUT2D eigenvalue weighted by Crippen LogP contribution is 2.38. The lowest BCUT2D eigenvalue weighted by atomic mass is 10.1. The summed E-state index contributed by atoms with van der Waals surface area (Å²) < 4.78 is 41.5. The predicted molar refractivity (Wildman–Crippen MR) is 112 cm³/mol. The summed E-state index contributed by atoms with van der Waals surface area (Å²) in [4.78, 5) is 34.5. The third kappa shape index (κ3) is 4.34. The summed E-state index contributed by atoms with van der Waals surface area (Å²) in [5, 5.41) is 3.68. The van der Waals surface area contributed by atoms with Gasteiger partial charge in [0.1, 0.15) is 16.9 Å². The zero-order valence-corrected chi connectivity index (χ0v) is 17.1. The number of nitrogens with one attached hydrogen (secondary N) is 1. The van der Waals surface area contributed by atoms with E-state index in [1.807, 2.05) is 6.07 Å². The van der Waals surface area contributed by atoms with Gasteiger partial charge < -0.3 is 5.32 Å². The van der Waals surface area contributed by atoms with Crippen LogP contribution in [-0.4, -0.2) is 39.8 Å². The maximum atomic E-state index is 13.8. The van der Waals surface area contributed by atoms with Crippen LogP contribution < -0.4 is 10.2 Å². The first-order valence-corrected chi connectivity index (χ1v) is 10.4. The van der Waals surface area contributed by atoms with E-state index in [-0.39, 0.29) is 17.1 Å². The first kappa shape index (κ1) is 21.1. The molecule has 4 rings (SSSR count). The van der Waals surface area contributed by atoms with Gasteiger partial charge in [0.15, 0.2) is 0 Å². The van der Waals surface area contributed by atoms with Crippen LogP contribution in [0.4, 0.5) is 24.5 Å². The van der Waals surface area contributed by atoms with Crippen molar-refractivity contribution in [1.29, 1.82) is 0 Å². The number of hydrogen-bond acceptors (Lipinski definition) is 5. The number of benzene rings is 2. The molecule has 2 aromatic carbocycles. The molecule has 0 saturated carbocycles. The molecule has 0 saturated heterocycles. The molecule has 3 aromatic rings. The molecule has 1 aliphatic rings. The standard InChI is InChI=1S/C21H17F3N4O2S/c1-12-25-14-7-3-2-6-13(14)20(26-12)31-11-19(30)28-16-9-5-4-8-15(16)27-18(29)10-17(28)21(22,23)24/h2-9,17H,10-11H2,1H3,(H,27,29). The van der Waals surface area contributed by atoms with Crippen molar-refractivity contribution >= 4 is 45.9 Å². The van der Waals surface area contributed by atoms with Gasteiger partial charge in [0.05, 0.1) is 29.1 Å². The molecule has 0 fully saturated rings. The number of carbonyl (C=O) groups is 2. The normalized spacial score (nSPS) is 16.6. The first-order chi connectivity index (χ1) is 14.7. The lowest BCUT2D eigenvalue weighted by molar-refractivity contribution is -0.157. The van der Waals surface area contributed by atoms with E-state index in [0.29, 0.717) is 26.7 Å². The van der Waals surface area contributed by atoms with Crippen molar-refractivity contribution in [3.8, 4) is 0 Å². The van der Waals surface area contributed by atoms with Gasteiger partial charge in [0, 0.05) is 5.39 Å². The molecule has 160 valence electrons. The maximum absolute atomic E-state index is 13.8. The summed E-state index contributed by atoms with van der Waals surface area (Å²) in [5.74, 6) is -1.35. The molecule has 1 aliphatic heterocycles. The summed E-state index contributed by atoms with van der Waals surface area (Å²) in [5.41, 5.74) is 0.874. The van der Waals surface area contributed by atoms with Gasteiger partial charge in [0.2, 0.25) is 11.8 Å². The molecule has 0 radical (unpaired) electrons. The Morgan fingerprint density at radius 3 is 2.65 bits per heavy atom. The Balaban J connectivity index is 1.68. The van der Waals surface area contributed by atoms with Crippen LogP contribution in [0.25, 0.3) is 10.9 Å². The third-order valence-corrected chi connectivity index (χ3v) is 5.76. The number of aromatic nitrogens is 2. The van der Waals surface area contributed by atoms with Gasteiger partial charge in [-0.05, 0) is 25.1 Å². The minimum atomic E-state index is -4.77. The number of thioether (sulfide) groups is 1. The number of hydrogen-bond donors (Lipinski definition) is 1. The van der Waals surface area contributed by atoms with Crippen LogP contribution in [0.2, 0.25) is 0 Å². The average molecular weight is 446 g/mol. The second-order valence-electron chi connectivity index (χ2n) is 6.97. The van der Waals surface area contributed by atoms with Crippen LogP contribution in [0.1, 0.15) is 12.2 Å². The fourth-order valence-electron chi connectivity index (χ4n) is 3.46. The molecule has 6 nitrogen and oxygen atoms in total. The fourth-order valence-corrected chi connectivity index (χ4v) is 4.39. The number of para-hydroxylation sites is 3. The zero-order valence-electron chi connectivity index (χ0n) is 16.3. The van der Waals surface area contributed by atoms with E-state index in [1.54, 1.807) is 31.2 Å². The maximum Gasteiger partial charge on any atom is 0.409 e. The highest BCUT2D eigenvalue weighted by Gasteiger charge is 2.48. The van der Waals surface area contributed by atoms with Gasteiger partial charge in [-0.2, -0.15) is 13.2 Å². The van der Waals surface area contributed by atoms with Crippen molar-refractivity contribution in [2.45, 2.75) is 30.6 Å². The van der Waals surface area contributed by atoms with Crippen molar-refractivity contribution in [1.82, 2.24) is 9.97 Å². The van der Waals surface area contributed by atoms with Gasteiger partial charge in [-0.1, -0.05) is 42.1 Å². The molecular weight excluding hydrogens is 429 g/mol. The van der Waals surface area contributed by atoms with Gasteiger partial charge in [-0.3, -0.25) is 14.5 Å². The molecule has 0 spiro atoms. The summed E-state index contributed by atoms with van der Waals surface area (Å²) in [6, 6.07) is 10.9. The Morgan fingerprint density at radius 1 is 1.16 bits per heavy atom. The number of alkyl halides is 3. The molecule has 0 aliphatic carbocycles. The number of nitrogens with zero attached hydrogens (tertiary/aromatic N) is 3. The van der Waals surface area contributed by atoms with Crippen molar-refractivity contribution in [3.63, 3.8) is 0 Å². The van der Waals surface area contributed by atoms with E-state index in [2.05, 4.69) is 15.3 Å². The van der Waals surface area contributed by atoms with E-state index >= 15 is 0 Å². The molecule has 2 heterocycles. The Morgan fingerprint density at radius 2 is 1.87 bits per heavy atom. The summed E-state index contributed by atoms with van der Waals surface area (Å²) in [7, 11) is 0. The van der Waals surface area contributed by atoms with Gasteiger partial charge >= 0.3 is 6.18 Å². The number of rotatable bonds is 3. The minimum Gasteiger partial charge on any atom is -0.324 e. The number of anilines is 2. The summed E-state index contributed by atoms with van der Waals surface area (Å²) in [6.45, 7) is 1.71. The Bertz CT molecular complexity index is 1170. The average Bonchev–Trinajstić information content (AvgIpc) is 2.87. The fraction of sp³-hybridized carbons (Fsp3) is 0.238. The predicted octanol–water partition coefficient (Wildman–Crippen LogP) is 4.34. The smallest absolute Gasteiger partial charge is 0.324 e. The van der Waals surface area contributed by atoms with Crippen molar-refractivity contribution in [3.05, 3.63) is 54.4 Å². The van der Waals surface area contributed by atoms with Gasteiger partial charge in [-0.25, -0.2) is 9.97 Å². The highest BCUT2D eigenvalue weighted by molar-refractivity contribution is 8.00. The SMILES string of the molecule is Cc1nc(SCC(=O)N2c3ccccc3NC(=O)CC2C(F)(F)F)c2ccccc2n1. The number of carbonyl (C=O) groups excluding carboxylic acids is 2. The van der Waals surface area contributed by atoms with E-state index in [9.17, 15) is 22.8 Å². The quantitative estimate of drug-likeness (QED) is 0.479. The molecule has 1 aromatic heterocycles. The van der Waals surface area contributed by atoms with E-state index < -0.39 is 30.5 Å². The summed E-state index contributed by atoms with van der Waals surface area (Å²) >= 11 is 1.05. The molecule has 1 atom stereocenters. The topological polar surface area (TPSA) is 75.2 Å². The van der Waals surface area contributed by atoms with Crippen LogP contribution in [0.3, 0.4) is 0 Å². The Kier molecular flexibility index (Phi) is 5.57. The zero-order chi connectivity index (χ0) is 22.2. The largest absolute Gasteiger partial charge is 0.409 e. The van der Waals surface area contributed by atoms with Gasteiger partial charge in [0.25, 0.3) is 0 Å². The van der Waals surface area contributed by atoms with E-state index in [0.717, 1.165) is 11.8 Å². The first-order valence-electron chi connectivity index (χ1n) is 9.38. The third-order valence-electron chi connectivity index (χ3n) is 4.79. The van der Waals surface area contributed by atoms with Crippen LogP contribution in [-0.2, 0) is 9.59 Å².